The molecule has 0 aliphatic heterocycles. The van der Waals surface area contributed by atoms with Gasteiger partial charge in [0, 0.05) is 16.9 Å². The lowest BCUT2D eigenvalue weighted by atomic mass is 10.0. The van der Waals surface area contributed by atoms with E-state index in [9.17, 15) is 0 Å². The molecule has 0 amide bonds. The molecule has 0 bridgehead atoms. The fourth-order valence-electron chi connectivity index (χ4n) is 3.10. The van der Waals surface area contributed by atoms with E-state index >= 15 is 0 Å². The van der Waals surface area contributed by atoms with Crippen molar-refractivity contribution in [1.82, 2.24) is 14.5 Å². The summed E-state index contributed by atoms with van der Waals surface area (Å²) in [7, 11) is 0. The van der Waals surface area contributed by atoms with E-state index in [4.69, 9.17) is 5.73 Å². The van der Waals surface area contributed by atoms with Crippen LogP contribution >= 0.6 is 0 Å². The fraction of sp³-hybridized carbons (Fsp3) is 0.0526. The van der Waals surface area contributed by atoms with Gasteiger partial charge in [-0.3, -0.25) is 4.57 Å². The molecule has 2 N–H and O–H groups in total. The third-order valence-corrected chi connectivity index (χ3v) is 4.09. The van der Waals surface area contributed by atoms with Crippen LogP contribution in [0.5, 0.6) is 0 Å². The van der Waals surface area contributed by atoms with Crippen LogP contribution in [0.3, 0.4) is 0 Å². The number of rotatable bonds is 2. The summed E-state index contributed by atoms with van der Waals surface area (Å²) in [5, 5.41) is 0.903. The van der Waals surface area contributed by atoms with E-state index in [0.717, 1.165) is 33.5 Å². The van der Waals surface area contributed by atoms with Crippen molar-refractivity contribution < 1.29 is 0 Å². The minimum absolute atomic E-state index is 0.506. The SMILES string of the molecule is Cc1c(-c2ccccc2)c2c(N)ncnc2n1-c1ccccc1. The monoisotopic (exact) mass is 300 g/mol. The van der Waals surface area contributed by atoms with Crippen LogP contribution in [0, 0.1) is 6.92 Å². The van der Waals surface area contributed by atoms with Gasteiger partial charge in [0.05, 0.1) is 5.39 Å². The van der Waals surface area contributed by atoms with Gasteiger partial charge in [-0.25, -0.2) is 9.97 Å². The third-order valence-electron chi connectivity index (χ3n) is 4.09. The summed E-state index contributed by atoms with van der Waals surface area (Å²) in [6.45, 7) is 2.09. The van der Waals surface area contributed by atoms with Crippen molar-refractivity contribution in [2.24, 2.45) is 0 Å². The smallest absolute Gasteiger partial charge is 0.150 e. The number of para-hydroxylation sites is 1. The number of hydrogen-bond donors (Lipinski definition) is 1. The Morgan fingerprint density at radius 1 is 0.870 bits per heavy atom. The van der Waals surface area contributed by atoms with E-state index in [1.165, 1.54) is 6.33 Å². The second kappa shape index (κ2) is 5.25. The molecule has 4 nitrogen and oxygen atoms in total. The van der Waals surface area contributed by atoms with E-state index in [1.54, 1.807) is 0 Å². The van der Waals surface area contributed by atoms with Gasteiger partial charge in [0.2, 0.25) is 0 Å². The van der Waals surface area contributed by atoms with Gasteiger partial charge in [0.1, 0.15) is 12.1 Å². The Morgan fingerprint density at radius 3 is 2.22 bits per heavy atom. The number of anilines is 1. The van der Waals surface area contributed by atoms with Gasteiger partial charge >= 0.3 is 0 Å². The first-order chi connectivity index (χ1) is 11.3. The number of nitrogens with two attached hydrogens (primary N) is 1. The molecular formula is C19H16N4. The van der Waals surface area contributed by atoms with Gasteiger partial charge in [0.15, 0.2) is 5.65 Å². The predicted octanol–water partition coefficient (Wildman–Crippen LogP) is 3.98. The summed E-state index contributed by atoms with van der Waals surface area (Å²) in [6, 6.07) is 20.4. The molecule has 0 atom stereocenters. The minimum Gasteiger partial charge on any atom is -0.383 e. The molecule has 0 saturated carbocycles. The van der Waals surface area contributed by atoms with Crippen LogP contribution in [0.1, 0.15) is 5.69 Å². The molecule has 2 aromatic heterocycles. The molecule has 2 heterocycles. The molecule has 0 radical (unpaired) electrons. The number of benzene rings is 2. The quantitative estimate of drug-likeness (QED) is 0.609. The number of fused-ring (bicyclic) bond motifs is 1. The zero-order chi connectivity index (χ0) is 15.8. The van der Waals surface area contributed by atoms with E-state index in [2.05, 4.69) is 45.7 Å². The first-order valence-corrected chi connectivity index (χ1v) is 7.49. The highest BCUT2D eigenvalue weighted by atomic mass is 15.1. The Morgan fingerprint density at radius 2 is 1.52 bits per heavy atom. The first kappa shape index (κ1) is 13.5. The lowest BCUT2D eigenvalue weighted by Gasteiger charge is -2.08. The van der Waals surface area contributed by atoms with Gasteiger partial charge in [-0.05, 0) is 24.6 Å². The summed E-state index contributed by atoms with van der Waals surface area (Å²) in [5.41, 5.74) is 11.4. The molecule has 112 valence electrons. The molecule has 0 saturated heterocycles. The summed E-state index contributed by atoms with van der Waals surface area (Å²) in [6.07, 6.45) is 1.52. The summed E-state index contributed by atoms with van der Waals surface area (Å²) < 4.78 is 2.13. The molecule has 0 aliphatic rings. The molecule has 0 fully saturated rings. The molecular weight excluding hydrogens is 284 g/mol. The highest BCUT2D eigenvalue weighted by Crippen LogP contribution is 2.37. The van der Waals surface area contributed by atoms with E-state index in [1.807, 2.05) is 36.4 Å². The second-order valence-electron chi connectivity index (χ2n) is 5.45. The third kappa shape index (κ3) is 2.07. The van der Waals surface area contributed by atoms with Crippen LogP contribution in [0.4, 0.5) is 5.82 Å². The highest BCUT2D eigenvalue weighted by molar-refractivity contribution is 6.03. The van der Waals surface area contributed by atoms with Crippen molar-refractivity contribution in [3.8, 4) is 16.8 Å². The average Bonchev–Trinajstić information content (AvgIpc) is 2.90. The highest BCUT2D eigenvalue weighted by Gasteiger charge is 2.20. The molecule has 0 unspecified atom stereocenters. The standard InChI is InChI=1S/C19H16N4/c1-13-16(14-8-4-2-5-9-14)17-18(20)21-12-22-19(17)23(13)15-10-6-3-7-11-15/h2-12H,1H3,(H2,20,21,22). The predicted molar refractivity (Wildman–Crippen MR) is 93.5 cm³/mol. The average molecular weight is 300 g/mol. The number of nitrogens with zero attached hydrogens (tertiary/aromatic N) is 3. The zero-order valence-electron chi connectivity index (χ0n) is 12.8. The maximum absolute atomic E-state index is 6.19. The molecule has 23 heavy (non-hydrogen) atoms. The Kier molecular flexibility index (Phi) is 3.08. The van der Waals surface area contributed by atoms with Crippen LogP contribution in [0.2, 0.25) is 0 Å². The Bertz CT molecular complexity index is 973. The molecule has 0 spiro atoms. The summed E-state index contributed by atoms with van der Waals surface area (Å²) in [4.78, 5) is 8.69. The normalized spacial score (nSPS) is 11.0. The molecule has 4 heteroatoms. The minimum atomic E-state index is 0.506. The van der Waals surface area contributed by atoms with Gasteiger partial charge in [0.25, 0.3) is 0 Å². The van der Waals surface area contributed by atoms with Crippen LogP contribution < -0.4 is 5.73 Å². The van der Waals surface area contributed by atoms with Crippen LogP contribution in [-0.2, 0) is 0 Å². The number of aromatic nitrogens is 3. The second-order valence-corrected chi connectivity index (χ2v) is 5.45. The van der Waals surface area contributed by atoms with Gasteiger partial charge < -0.3 is 5.73 Å². The van der Waals surface area contributed by atoms with E-state index < -0.39 is 0 Å². The summed E-state index contributed by atoms with van der Waals surface area (Å²) in [5.74, 6) is 0.506. The van der Waals surface area contributed by atoms with Crippen LogP contribution in [0.25, 0.3) is 27.8 Å². The fourth-order valence-corrected chi connectivity index (χ4v) is 3.10. The summed E-state index contributed by atoms with van der Waals surface area (Å²) >= 11 is 0. The lowest BCUT2D eigenvalue weighted by molar-refractivity contribution is 1.02. The first-order valence-electron chi connectivity index (χ1n) is 7.49. The van der Waals surface area contributed by atoms with Crippen LogP contribution in [0.15, 0.2) is 67.0 Å². The molecule has 4 rings (SSSR count). The van der Waals surface area contributed by atoms with Crippen LogP contribution in [-0.4, -0.2) is 14.5 Å². The van der Waals surface area contributed by atoms with Crippen molar-refractivity contribution in [2.75, 3.05) is 5.73 Å². The van der Waals surface area contributed by atoms with E-state index in [0.29, 0.717) is 5.82 Å². The zero-order valence-corrected chi connectivity index (χ0v) is 12.8. The molecule has 2 aromatic carbocycles. The van der Waals surface area contributed by atoms with E-state index in [-0.39, 0.29) is 0 Å². The number of hydrogen-bond acceptors (Lipinski definition) is 3. The Labute approximate surface area is 134 Å². The van der Waals surface area contributed by atoms with Crippen molar-refractivity contribution in [3.05, 3.63) is 72.7 Å². The molecule has 0 aliphatic carbocycles. The van der Waals surface area contributed by atoms with Crippen molar-refractivity contribution in [2.45, 2.75) is 6.92 Å². The van der Waals surface area contributed by atoms with Crippen molar-refractivity contribution in [1.29, 1.82) is 0 Å². The largest absolute Gasteiger partial charge is 0.383 e. The van der Waals surface area contributed by atoms with Gasteiger partial charge in [-0.1, -0.05) is 48.5 Å². The van der Waals surface area contributed by atoms with Crippen molar-refractivity contribution >= 4 is 16.9 Å². The van der Waals surface area contributed by atoms with Gasteiger partial charge in [-0.2, -0.15) is 0 Å². The number of nitrogen functional groups attached to an aromatic ring is 1. The van der Waals surface area contributed by atoms with Crippen molar-refractivity contribution in [3.63, 3.8) is 0 Å². The topological polar surface area (TPSA) is 56.7 Å². The Hall–Kier alpha value is -3.14. The maximum Gasteiger partial charge on any atom is 0.150 e. The molecule has 4 aromatic rings. The lowest BCUT2D eigenvalue weighted by Crippen LogP contribution is -1.98. The Balaban J connectivity index is 2.14. The maximum atomic E-state index is 6.19. The van der Waals surface area contributed by atoms with Gasteiger partial charge in [-0.15, -0.1) is 0 Å².